The highest BCUT2D eigenvalue weighted by Gasteiger charge is 2.22. The lowest BCUT2D eigenvalue weighted by Crippen LogP contribution is -2.52. The van der Waals surface area contributed by atoms with Gasteiger partial charge in [-0.3, -0.25) is 30.0 Å². The van der Waals surface area contributed by atoms with E-state index in [1.165, 1.54) is 0 Å². The minimum absolute atomic E-state index is 0.211. The molecule has 1 atom stereocenters. The van der Waals surface area contributed by atoms with Gasteiger partial charge in [0.1, 0.15) is 6.04 Å². The SMILES string of the molecule is CC[C@H](NC(=O)c1ccccc1NC(=O)c1ccc(C)cc1)C(=O)NNC(=O)c1ccccc1. The maximum atomic E-state index is 12.9. The first-order valence-electron chi connectivity index (χ1n) is 10.8. The first-order valence-corrected chi connectivity index (χ1v) is 10.8. The summed E-state index contributed by atoms with van der Waals surface area (Å²) in [6, 6.07) is 21.1. The number of carbonyl (C=O) groups excluding carboxylic acids is 4. The molecule has 0 heterocycles. The van der Waals surface area contributed by atoms with E-state index in [9.17, 15) is 19.2 Å². The molecule has 0 spiro atoms. The number of hydrogen-bond donors (Lipinski definition) is 4. The highest BCUT2D eigenvalue weighted by atomic mass is 16.2. The van der Waals surface area contributed by atoms with Crippen molar-refractivity contribution >= 4 is 29.3 Å². The van der Waals surface area contributed by atoms with Crippen molar-refractivity contribution in [3.05, 3.63) is 101 Å². The fourth-order valence-corrected chi connectivity index (χ4v) is 3.15. The van der Waals surface area contributed by atoms with Crippen LogP contribution in [0.25, 0.3) is 0 Å². The van der Waals surface area contributed by atoms with Gasteiger partial charge >= 0.3 is 0 Å². The molecule has 3 aromatic carbocycles. The summed E-state index contributed by atoms with van der Waals surface area (Å²) in [6.07, 6.45) is 0.288. The Bertz CT molecular complexity index is 1180. The number of aryl methyl sites for hydroxylation is 1. The summed E-state index contributed by atoms with van der Waals surface area (Å²) in [7, 11) is 0. The highest BCUT2D eigenvalue weighted by Crippen LogP contribution is 2.17. The van der Waals surface area contributed by atoms with Crippen LogP contribution in [0.5, 0.6) is 0 Å². The zero-order chi connectivity index (χ0) is 24.5. The average Bonchev–Trinajstić information content (AvgIpc) is 2.86. The standard InChI is InChI=1S/C26H26N4O4/c1-3-21(26(34)30-29-24(32)18-9-5-4-6-10-18)27-25(33)20-11-7-8-12-22(20)28-23(31)19-15-13-17(2)14-16-19/h4-16,21H,3H2,1-2H3,(H,27,33)(H,28,31)(H,29,32)(H,30,34)/t21-/m0/s1. The zero-order valence-electron chi connectivity index (χ0n) is 18.9. The third kappa shape index (κ3) is 6.29. The third-order valence-electron chi connectivity index (χ3n) is 5.10. The number of carbonyl (C=O) groups is 4. The minimum atomic E-state index is -0.899. The van der Waals surface area contributed by atoms with Crippen LogP contribution in [0.4, 0.5) is 5.69 Å². The number of para-hydroxylation sites is 1. The van der Waals surface area contributed by atoms with Crippen LogP contribution < -0.4 is 21.5 Å². The Labute approximate surface area is 197 Å². The first kappa shape index (κ1) is 24.2. The summed E-state index contributed by atoms with van der Waals surface area (Å²) in [5.41, 5.74) is 7.08. The Morgan fingerprint density at radius 2 is 1.32 bits per heavy atom. The van der Waals surface area contributed by atoms with Gasteiger partial charge in [-0.1, -0.05) is 55.0 Å². The van der Waals surface area contributed by atoms with E-state index in [-0.39, 0.29) is 17.9 Å². The summed E-state index contributed by atoms with van der Waals surface area (Å²) >= 11 is 0. The second kappa shape index (κ2) is 11.4. The Balaban J connectivity index is 1.64. The maximum absolute atomic E-state index is 12.9. The topological polar surface area (TPSA) is 116 Å². The van der Waals surface area contributed by atoms with Gasteiger partial charge in [0.05, 0.1) is 11.3 Å². The van der Waals surface area contributed by atoms with Gasteiger partial charge in [-0.05, 0) is 49.7 Å². The van der Waals surface area contributed by atoms with Crippen molar-refractivity contribution in [2.45, 2.75) is 26.3 Å². The molecule has 3 aromatic rings. The number of hydrazine groups is 1. The quantitative estimate of drug-likeness (QED) is 0.407. The van der Waals surface area contributed by atoms with Crippen LogP contribution in [0.2, 0.25) is 0 Å². The van der Waals surface area contributed by atoms with Crippen LogP contribution in [-0.4, -0.2) is 29.7 Å². The first-order chi connectivity index (χ1) is 16.4. The smallest absolute Gasteiger partial charge is 0.269 e. The van der Waals surface area contributed by atoms with E-state index in [1.807, 2.05) is 19.1 Å². The van der Waals surface area contributed by atoms with E-state index in [0.29, 0.717) is 16.8 Å². The monoisotopic (exact) mass is 458 g/mol. The maximum Gasteiger partial charge on any atom is 0.269 e. The average molecular weight is 459 g/mol. The lowest BCUT2D eigenvalue weighted by Gasteiger charge is -2.18. The molecule has 8 nitrogen and oxygen atoms in total. The number of anilines is 1. The fraction of sp³-hybridized carbons (Fsp3) is 0.154. The molecule has 0 saturated carbocycles. The number of nitrogens with one attached hydrogen (secondary N) is 4. The van der Waals surface area contributed by atoms with Crippen molar-refractivity contribution in [1.82, 2.24) is 16.2 Å². The second-order valence-electron chi connectivity index (χ2n) is 7.61. The second-order valence-corrected chi connectivity index (χ2v) is 7.61. The largest absolute Gasteiger partial charge is 0.340 e. The predicted molar refractivity (Wildman–Crippen MR) is 129 cm³/mol. The van der Waals surface area contributed by atoms with Crippen molar-refractivity contribution in [3.63, 3.8) is 0 Å². The van der Waals surface area contributed by atoms with E-state index in [1.54, 1.807) is 73.7 Å². The van der Waals surface area contributed by atoms with E-state index in [2.05, 4.69) is 21.5 Å². The molecule has 8 heteroatoms. The van der Waals surface area contributed by atoms with E-state index >= 15 is 0 Å². The lowest BCUT2D eigenvalue weighted by atomic mass is 10.1. The van der Waals surface area contributed by atoms with Crippen molar-refractivity contribution < 1.29 is 19.2 Å². The minimum Gasteiger partial charge on any atom is -0.340 e. The number of amides is 4. The number of rotatable bonds is 7. The fourth-order valence-electron chi connectivity index (χ4n) is 3.15. The van der Waals surface area contributed by atoms with Crippen molar-refractivity contribution in [2.24, 2.45) is 0 Å². The molecule has 34 heavy (non-hydrogen) atoms. The normalized spacial score (nSPS) is 11.1. The molecular formula is C26H26N4O4. The van der Waals surface area contributed by atoms with E-state index < -0.39 is 23.8 Å². The van der Waals surface area contributed by atoms with Gasteiger partial charge in [0.15, 0.2) is 0 Å². The molecule has 3 rings (SSSR count). The summed E-state index contributed by atoms with van der Waals surface area (Å²) < 4.78 is 0. The van der Waals surface area contributed by atoms with Crippen LogP contribution in [0.3, 0.4) is 0 Å². The Morgan fingerprint density at radius 3 is 2.00 bits per heavy atom. The van der Waals surface area contributed by atoms with Gasteiger partial charge in [0.25, 0.3) is 23.6 Å². The molecule has 4 amide bonds. The van der Waals surface area contributed by atoms with Crippen LogP contribution in [0.15, 0.2) is 78.9 Å². The molecule has 0 aliphatic heterocycles. The Morgan fingerprint density at radius 1 is 0.706 bits per heavy atom. The van der Waals surface area contributed by atoms with Crippen LogP contribution in [0, 0.1) is 6.92 Å². The molecule has 0 aliphatic carbocycles. The Kier molecular flexibility index (Phi) is 8.12. The lowest BCUT2D eigenvalue weighted by molar-refractivity contribution is -0.123. The molecule has 0 fully saturated rings. The molecule has 0 bridgehead atoms. The summed E-state index contributed by atoms with van der Waals surface area (Å²) in [5.74, 6) is -1.93. The number of benzene rings is 3. The molecule has 0 radical (unpaired) electrons. The highest BCUT2D eigenvalue weighted by molar-refractivity contribution is 6.09. The van der Waals surface area contributed by atoms with Gasteiger partial charge in [-0.25, -0.2) is 0 Å². The predicted octanol–water partition coefficient (Wildman–Crippen LogP) is 3.22. The van der Waals surface area contributed by atoms with Crippen LogP contribution >= 0.6 is 0 Å². The third-order valence-corrected chi connectivity index (χ3v) is 5.10. The van der Waals surface area contributed by atoms with Gasteiger partial charge in [0.2, 0.25) is 0 Å². The molecule has 4 N–H and O–H groups in total. The summed E-state index contributed by atoms with van der Waals surface area (Å²) in [6.45, 7) is 3.66. The van der Waals surface area contributed by atoms with Crippen LogP contribution in [-0.2, 0) is 4.79 Å². The van der Waals surface area contributed by atoms with Crippen molar-refractivity contribution in [2.75, 3.05) is 5.32 Å². The zero-order valence-corrected chi connectivity index (χ0v) is 18.9. The van der Waals surface area contributed by atoms with Gasteiger partial charge < -0.3 is 10.6 Å². The Hall–Kier alpha value is -4.46. The van der Waals surface area contributed by atoms with E-state index in [0.717, 1.165) is 5.56 Å². The van der Waals surface area contributed by atoms with Crippen molar-refractivity contribution in [3.8, 4) is 0 Å². The van der Waals surface area contributed by atoms with E-state index in [4.69, 9.17) is 0 Å². The molecule has 0 unspecified atom stereocenters. The van der Waals surface area contributed by atoms with Gasteiger partial charge in [-0.15, -0.1) is 0 Å². The summed E-state index contributed by atoms with van der Waals surface area (Å²) in [4.78, 5) is 50.2. The van der Waals surface area contributed by atoms with Gasteiger partial charge in [0, 0.05) is 11.1 Å². The van der Waals surface area contributed by atoms with Crippen LogP contribution in [0.1, 0.15) is 50.0 Å². The molecule has 174 valence electrons. The molecule has 0 saturated heterocycles. The number of hydrogen-bond acceptors (Lipinski definition) is 4. The molecule has 0 aromatic heterocycles. The molecule has 0 aliphatic rings. The molecular weight excluding hydrogens is 432 g/mol. The van der Waals surface area contributed by atoms with Crippen molar-refractivity contribution in [1.29, 1.82) is 0 Å². The summed E-state index contributed by atoms with van der Waals surface area (Å²) in [5, 5.41) is 5.40. The van der Waals surface area contributed by atoms with Gasteiger partial charge in [-0.2, -0.15) is 0 Å².